The minimum Gasteiger partial charge on any atom is -0.487 e. The average molecular weight is 303 g/mol. The molecule has 1 aliphatic heterocycles. The maximum absolute atomic E-state index is 11.9. The highest BCUT2D eigenvalue weighted by atomic mass is 19.4. The van der Waals surface area contributed by atoms with Crippen molar-refractivity contribution >= 4 is 0 Å². The molecule has 0 bridgehead atoms. The van der Waals surface area contributed by atoms with E-state index in [1.807, 2.05) is 26.0 Å². The Balaban J connectivity index is 1.71. The number of alkyl halides is 3. The van der Waals surface area contributed by atoms with E-state index < -0.39 is 12.8 Å². The molecule has 0 saturated carbocycles. The van der Waals surface area contributed by atoms with Gasteiger partial charge in [0.15, 0.2) is 0 Å². The van der Waals surface area contributed by atoms with Crippen molar-refractivity contribution in [3.05, 3.63) is 29.3 Å². The van der Waals surface area contributed by atoms with Crippen LogP contribution in [-0.4, -0.2) is 31.5 Å². The van der Waals surface area contributed by atoms with Gasteiger partial charge in [0.25, 0.3) is 0 Å². The Morgan fingerprint density at radius 1 is 1.33 bits per heavy atom. The van der Waals surface area contributed by atoms with Gasteiger partial charge in [-0.2, -0.15) is 13.2 Å². The third-order valence-corrected chi connectivity index (χ3v) is 3.15. The van der Waals surface area contributed by atoms with Crippen LogP contribution in [0.4, 0.5) is 13.2 Å². The van der Waals surface area contributed by atoms with E-state index in [2.05, 4.69) is 16.1 Å². The molecular weight excluding hydrogens is 283 g/mol. The van der Waals surface area contributed by atoms with Gasteiger partial charge in [-0.3, -0.25) is 0 Å². The topological polar surface area (TPSA) is 30.5 Å². The van der Waals surface area contributed by atoms with E-state index in [0.29, 0.717) is 13.1 Å². The summed E-state index contributed by atoms with van der Waals surface area (Å²) in [5.74, 6) is 0.914. The molecule has 3 nitrogen and oxygen atoms in total. The quantitative estimate of drug-likeness (QED) is 0.819. The van der Waals surface area contributed by atoms with E-state index in [9.17, 15) is 13.2 Å². The van der Waals surface area contributed by atoms with Gasteiger partial charge in [0.05, 0.1) is 6.61 Å². The van der Waals surface area contributed by atoms with Gasteiger partial charge in [-0.05, 0) is 31.0 Å². The molecule has 0 spiro atoms. The molecular formula is C15H20F3NO2. The van der Waals surface area contributed by atoms with Gasteiger partial charge in [0.2, 0.25) is 0 Å². The van der Waals surface area contributed by atoms with Gasteiger partial charge in [0, 0.05) is 19.5 Å². The minimum absolute atomic E-state index is 0.0423. The highest BCUT2D eigenvalue weighted by molar-refractivity contribution is 5.41. The number of hydrogen-bond acceptors (Lipinski definition) is 3. The molecule has 0 atom stereocenters. The summed E-state index contributed by atoms with van der Waals surface area (Å²) >= 11 is 0. The predicted molar refractivity (Wildman–Crippen MR) is 73.4 cm³/mol. The maximum atomic E-state index is 11.9. The van der Waals surface area contributed by atoms with Crippen molar-refractivity contribution in [1.29, 1.82) is 0 Å². The van der Waals surface area contributed by atoms with Crippen LogP contribution in [0.25, 0.3) is 0 Å². The van der Waals surface area contributed by atoms with Gasteiger partial charge in [-0.1, -0.05) is 12.1 Å². The highest BCUT2D eigenvalue weighted by Gasteiger charge is 2.29. The largest absolute Gasteiger partial charge is 0.487 e. The van der Waals surface area contributed by atoms with Crippen LogP contribution in [0.5, 0.6) is 5.75 Å². The van der Waals surface area contributed by atoms with E-state index in [4.69, 9.17) is 4.74 Å². The molecule has 1 aromatic rings. The molecule has 1 heterocycles. The second kappa shape index (κ2) is 6.23. The molecule has 1 aromatic carbocycles. The molecule has 0 amide bonds. The van der Waals surface area contributed by atoms with Crippen molar-refractivity contribution in [2.75, 3.05) is 19.8 Å². The Kier molecular flexibility index (Phi) is 4.78. The van der Waals surface area contributed by atoms with Crippen LogP contribution in [-0.2, 0) is 17.7 Å². The number of benzene rings is 1. The van der Waals surface area contributed by atoms with E-state index in [0.717, 1.165) is 17.7 Å². The first-order valence-electron chi connectivity index (χ1n) is 6.91. The fraction of sp³-hybridized carbons (Fsp3) is 0.600. The van der Waals surface area contributed by atoms with E-state index in [-0.39, 0.29) is 12.2 Å². The molecule has 0 aromatic heterocycles. The van der Waals surface area contributed by atoms with E-state index in [1.165, 1.54) is 5.56 Å². The predicted octanol–water partition coefficient (Wildman–Crippen LogP) is 3.07. The lowest BCUT2D eigenvalue weighted by Crippen LogP contribution is -2.24. The zero-order valence-electron chi connectivity index (χ0n) is 12.2. The summed E-state index contributed by atoms with van der Waals surface area (Å²) in [6, 6.07) is 5.98. The summed E-state index contributed by atoms with van der Waals surface area (Å²) < 4.78 is 45.9. The zero-order chi connectivity index (χ0) is 15.5. The van der Waals surface area contributed by atoms with Crippen LogP contribution in [0.15, 0.2) is 18.2 Å². The summed E-state index contributed by atoms with van der Waals surface area (Å²) in [6.45, 7) is 3.92. The Labute approximate surface area is 122 Å². The summed E-state index contributed by atoms with van der Waals surface area (Å²) in [7, 11) is 0. The highest BCUT2D eigenvalue weighted by Crippen LogP contribution is 2.35. The zero-order valence-corrected chi connectivity index (χ0v) is 12.2. The Hall–Kier alpha value is -1.27. The molecule has 0 radical (unpaired) electrons. The first-order valence-corrected chi connectivity index (χ1v) is 6.91. The van der Waals surface area contributed by atoms with Crippen molar-refractivity contribution in [2.45, 2.75) is 38.6 Å². The molecule has 0 aliphatic carbocycles. The number of ether oxygens (including phenoxy) is 2. The van der Waals surface area contributed by atoms with Gasteiger partial charge < -0.3 is 14.8 Å². The lowest BCUT2D eigenvalue weighted by molar-refractivity contribution is -0.173. The first kappa shape index (κ1) is 16.1. The lowest BCUT2D eigenvalue weighted by Gasteiger charge is -2.16. The third kappa shape index (κ3) is 5.21. The number of hydrogen-bond donors (Lipinski definition) is 1. The van der Waals surface area contributed by atoms with Crippen LogP contribution in [0.2, 0.25) is 0 Å². The van der Waals surface area contributed by atoms with Crippen molar-refractivity contribution in [2.24, 2.45) is 0 Å². The molecule has 6 heteroatoms. The Morgan fingerprint density at radius 3 is 2.81 bits per heavy atom. The smallest absolute Gasteiger partial charge is 0.411 e. The summed E-state index contributed by atoms with van der Waals surface area (Å²) in [5.41, 5.74) is 2.10. The Morgan fingerprint density at radius 2 is 2.10 bits per heavy atom. The summed E-state index contributed by atoms with van der Waals surface area (Å²) in [6.07, 6.45) is -3.39. The standard InChI is InChI=1S/C15H20F3NO2/c1-14(2)8-12-7-11(3-4-13(12)21-14)9-19-5-6-20-10-15(16,17)18/h3-4,7,19H,5-6,8-10H2,1-2H3. The summed E-state index contributed by atoms with van der Waals surface area (Å²) in [4.78, 5) is 0. The minimum atomic E-state index is -4.26. The van der Waals surface area contributed by atoms with Gasteiger partial charge in [-0.15, -0.1) is 0 Å². The van der Waals surface area contributed by atoms with E-state index >= 15 is 0 Å². The molecule has 0 fully saturated rings. The maximum Gasteiger partial charge on any atom is 0.411 e. The number of halogens is 3. The van der Waals surface area contributed by atoms with Gasteiger partial charge in [-0.25, -0.2) is 0 Å². The third-order valence-electron chi connectivity index (χ3n) is 3.15. The molecule has 1 aliphatic rings. The molecule has 21 heavy (non-hydrogen) atoms. The fourth-order valence-corrected chi connectivity index (χ4v) is 2.34. The number of nitrogens with one attached hydrogen (secondary N) is 1. The summed E-state index contributed by atoms with van der Waals surface area (Å²) in [5, 5.41) is 3.07. The normalized spacial score (nSPS) is 16.6. The Bertz CT molecular complexity index is 486. The van der Waals surface area contributed by atoms with Crippen molar-refractivity contribution < 1.29 is 22.6 Å². The second-order valence-corrected chi connectivity index (χ2v) is 5.83. The molecule has 118 valence electrons. The molecule has 2 rings (SSSR count). The van der Waals surface area contributed by atoms with Crippen LogP contribution in [0.1, 0.15) is 25.0 Å². The number of fused-ring (bicyclic) bond motifs is 1. The monoisotopic (exact) mass is 303 g/mol. The van der Waals surface area contributed by atoms with E-state index in [1.54, 1.807) is 0 Å². The van der Waals surface area contributed by atoms with Gasteiger partial charge in [0.1, 0.15) is 18.0 Å². The SMILES string of the molecule is CC1(C)Cc2cc(CNCCOCC(F)(F)F)ccc2O1. The van der Waals surface area contributed by atoms with Gasteiger partial charge >= 0.3 is 6.18 Å². The number of rotatable bonds is 6. The van der Waals surface area contributed by atoms with Crippen molar-refractivity contribution in [3.63, 3.8) is 0 Å². The van der Waals surface area contributed by atoms with Crippen molar-refractivity contribution in [1.82, 2.24) is 5.32 Å². The molecule has 1 N–H and O–H groups in total. The molecule has 0 unspecified atom stereocenters. The second-order valence-electron chi connectivity index (χ2n) is 5.83. The van der Waals surface area contributed by atoms with Crippen LogP contribution < -0.4 is 10.1 Å². The average Bonchev–Trinajstić information content (AvgIpc) is 2.65. The van der Waals surface area contributed by atoms with Crippen LogP contribution >= 0.6 is 0 Å². The fourth-order valence-electron chi connectivity index (χ4n) is 2.34. The molecule has 0 saturated heterocycles. The van der Waals surface area contributed by atoms with Crippen LogP contribution in [0, 0.1) is 0 Å². The first-order chi connectivity index (χ1) is 9.75. The van der Waals surface area contributed by atoms with Crippen molar-refractivity contribution in [3.8, 4) is 5.75 Å². The lowest BCUT2D eigenvalue weighted by atomic mass is 10.0. The van der Waals surface area contributed by atoms with Crippen LogP contribution in [0.3, 0.4) is 0 Å².